The maximum absolute atomic E-state index is 10.8. The van der Waals surface area contributed by atoms with E-state index >= 15 is 0 Å². The molecular weight excluding hydrogens is 148 g/mol. The molecular formula is C7H14O4. The van der Waals surface area contributed by atoms with Crippen LogP contribution in [0.3, 0.4) is 0 Å². The first-order valence-electron chi connectivity index (χ1n) is 3.40. The molecule has 1 N–H and O–H groups in total. The zero-order valence-corrected chi connectivity index (χ0v) is 7.03. The van der Waals surface area contributed by atoms with Crippen LogP contribution in [0, 0.1) is 5.92 Å². The molecule has 4 nitrogen and oxygen atoms in total. The van der Waals surface area contributed by atoms with Crippen molar-refractivity contribution in [2.24, 2.45) is 5.92 Å². The van der Waals surface area contributed by atoms with E-state index in [1.807, 2.05) is 0 Å². The predicted molar refractivity (Wildman–Crippen MR) is 38.8 cm³/mol. The van der Waals surface area contributed by atoms with Gasteiger partial charge in [-0.05, 0) is 0 Å². The largest absolute Gasteiger partial charge is 0.469 e. The maximum atomic E-state index is 10.8. The lowest BCUT2D eigenvalue weighted by Gasteiger charge is -2.12. The number of methoxy groups -OCH3 is 2. The Kier molecular flexibility index (Phi) is 4.81. The van der Waals surface area contributed by atoms with E-state index in [-0.39, 0.29) is 18.3 Å². The molecule has 0 fully saturated rings. The van der Waals surface area contributed by atoms with Crippen LogP contribution in [0.25, 0.3) is 0 Å². The summed E-state index contributed by atoms with van der Waals surface area (Å²) in [5.74, 6) is -0.656. The average Bonchev–Trinajstić information content (AvgIpc) is 2.02. The van der Waals surface area contributed by atoms with Crippen LogP contribution in [0.15, 0.2) is 0 Å². The number of carbonyl (C=O) groups is 1. The van der Waals surface area contributed by atoms with Gasteiger partial charge in [0.15, 0.2) is 6.29 Å². The van der Waals surface area contributed by atoms with Crippen LogP contribution in [0.4, 0.5) is 0 Å². The van der Waals surface area contributed by atoms with Crippen LogP contribution in [-0.4, -0.2) is 31.6 Å². The van der Waals surface area contributed by atoms with Gasteiger partial charge in [0.2, 0.25) is 0 Å². The SMILES string of the molecule is COC(=O)C(C)CC(O)OC. The maximum Gasteiger partial charge on any atom is 0.308 e. The van der Waals surface area contributed by atoms with E-state index < -0.39 is 6.29 Å². The number of esters is 1. The molecule has 0 spiro atoms. The van der Waals surface area contributed by atoms with E-state index in [0.717, 1.165) is 0 Å². The van der Waals surface area contributed by atoms with Gasteiger partial charge in [-0.25, -0.2) is 0 Å². The van der Waals surface area contributed by atoms with E-state index in [4.69, 9.17) is 5.11 Å². The Morgan fingerprint density at radius 3 is 2.45 bits per heavy atom. The standard InChI is InChI=1S/C7H14O4/c1-5(7(9)11-3)4-6(8)10-2/h5-6,8H,4H2,1-3H3. The number of rotatable bonds is 4. The van der Waals surface area contributed by atoms with Crippen molar-refractivity contribution in [2.75, 3.05) is 14.2 Å². The van der Waals surface area contributed by atoms with Crippen LogP contribution >= 0.6 is 0 Å². The molecule has 0 aromatic rings. The van der Waals surface area contributed by atoms with Crippen LogP contribution in [0.2, 0.25) is 0 Å². The Bertz CT molecular complexity index is 124. The molecule has 0 aliphatic heterocycles. The number of carbonyl (C=O) groups excluding carboxylic acids is 1. The lowest BCUT2D eigenvalue weighted by atomic mass is 10.1. The van der Waals surface area contributed by atoms with Crippen LogP contribution in [0.1, 0.15) is 13.3 Å². The highest BCUT2D eigenvalue weighted by atomic mass is 16.6. The number of aliphatic hydroxyl groups excluding tert-OH is 1. The van der Waals surface area contributed by atoms with Gasteiger partial charge in [0, 0.05) is 13.5 Å². The third-order valence-corrected chi connectivity index (χ3v) is 1.43. The molecule has 66 valence electrons. The summed E-state index contributed by atoms with van der Waals surface area (Å²) in [7, 11) is 2.70. The van der Waals surface area contributed by atoms with Crippen molar-refractivity contribution in [1.82, 2.24) is 0 Å². The minimum absolute atomic E-state index is 0.267. The lowest BCUT2D eigenvalue weighted by molar-refractivity contribution is -0.150. The summed E-state index contributed by atoms with van der Waals surface area (Å²) in [4.78, 5) is 10.8. The van der Waals surface area contributed by atoms with Crippen molar-refractivity contribution >= 4 is 5.97 Å². The van der Waals surface area contributed by atoms with Gasteiger partial charge in [0.25, 0.3) is 0 Å². The van der Waals surface area contributed by atoms with Gasteiger partial charge in [-0.15, -0.1) is 0 Å². The normalized spacial score (nSPS) is 15.6. The first-order chi connectivity index (χ1) is 5.11. The Balaban J connectivity index is 3.67. The second-order valence-corrected chi connectivity index (χ2v) is 2.35. The zero-order valence-electron chi connectivity index (χ0n) is 7.03. The average molecular weight is 162 g/mol. The topological polar surface area (TPSA) is 55.8 Å². The number of hydrogen-bond acceptors (Lipinski definition) is 4. The molecule has 0 saturated carbocycles. The van der Waals surface area contributed by atoms with Gasteiger partial charge in [0.05, 0.1) is 13.0 Å². The minimum atomic E-state index is -0.885. The summed E-state index contributed by atoms with van der Waals surface area (Å²) >= 11 is 0. The Hall–Kier alpha value is -0.610. The Morgan fingerprint density at radius 1 is 1.55 bits per heavy atom. The quantitative estimate of drug-likeness (QED) is 0.472. The van der Waals surface area contributed by atoms with Crippen molar-refractivity contribution in [3.05, 3.63) is 0 Å². The first-order valence-corrected chi connectivity index (χ1v) is 3.40. The molecule has 11 heavy (non-hydrogen) atoms. The third kappa shape index (κ3) is 3.95. The molecule has 2 atom stereocenters. The van der Waals surface area contributed by atoms with Gasteiger partial charge in [-0.2, -0.15) is 0 Å². The summed E-state index contributed by atoms with van der Waals surface area (Å²) in [6.07, 6.45) is -0.618. The highest BCUT2D eigenvalue weighted by Gasteiger charge is 2.16. The number of ether oxygens (including phenoxy) is 2. The molecule has 0 aliphatic rings. The fraction of sp³-hybridized carbons (Fsp3) is 0.857. The third-order valence-electron chi connectivity index (χ3n) is 1.43. The monoisotopic (exact) mass is 162 g/mol. The highest BCUT2D eigenvalue weighted by molar-refractivity contribution is 5.71. The summed E-state index contributed by atoms with van der Waals surface area (Å²) in [6, 6.07) is 0. The second-order valence-electron chi connectivity index (χ2n) is 2.35. The molecule has 2 unspecified atom stereocenters. The fourth-order valence-electron chi connectivity index (χ4n) is 0.696. The van der Waals surface area contributed by atoms with E-state index in [0.29, 0.717) is 0 Å². The van der Waals surface area contributed by atoms with Crippen molar-refractivity contribution in [1.29, 1.82) is 0 Å². The highest BCUT2D eigenvalue weighted by Crippen LogP contribution is 2.07. The van der Waals surface area contributed by atoms with Crippen LogP contribution in [-0.2, 0) is 14.3 Å². The molecule has 0 aromatic carbocycles. The molecule has 0 radical (unpaired) electrons. The molecule has 0 aromatic heterocycles. The van der Waals surface area contributed by atoms with Gasteiger partial charge < -0.3 is 14.6 Å². The van der Waals surface area contributed by atoms with Crippen molar-refractivity contribution in [2.45, 2.75) is 19.6 Å². The van der Waals surface area contributed by atoms with E-state index in [1.54, 1.807) is 6.92 Å². The van der Waals surface area contributed by atoms with Gasteiger partial charge in [0.1, 0.15) is 0 Å². The van der Waals surface area contributed by atoms with Gasteiger partial charge in [-0.1, -0.05) is 6.92 Å². The predicted octanol–water partition coefficient (Wildman–Crippen LogP) is 0.150. The van der Waals surface area contributed by atoms with Crippen molar-refractivity contribution in [3.63, 3.8) is 0 Å². The zero-order chi connectivity index (χ0) is 8.85. The number of hydrogen-bond donors (Lipinski definition) is 1. The molecule has 0 bridgehead atoms. The smallest absolute Gasteiger partial charge is 0.308 e. The first kappa shape index (κ1) is 10.4. The fourth-order valence-corrected chi connectivity index (χ4v) is 0.696. The number of aliphatic hydroxyl groups is 1. The van der Waals surface area contributed by atoms with Gasteiger partial charge in [-0.3, -0.25) is 4.79 Å². The van der Waals surface area contributed by atoms with E-state index in [2.05, 4.69) is 9.47 Å². The summed E-state index contributed by atoms with van der Waals surface area (Å²) in [5, 5.41) is 8.94. The molecule has 0 heterocycles. The Labute approximate surface area is 66.1 Å². The van der Waals surface area contributed by atoms with E-state index in [1.165, 1.54) is 14.2 Å². The molecule has 0 rings (SSSR count). The summed E-state index contributed by atoms with van der Waals surface area (Å²) < 4.78 is 9.02. The molecule has 4 heteroatoms. The van der Waals surface area contributed by atoms with Crippen LogP contribution < -0.4 is 0 Å². The Morgan fingerprint density at radius 2 is 2.09 bits per heavy atom. The van der Waals surface area contributed by atoms with Crippen molar-refractivity contribution in [3.8, 4) is 0 Å². The molecule has 0 aliphatic carbocycles. The van der Waals surface area contributed by atoms with Gasteiger partial charge >= 0.3 is 5.97 Å². The van der Waals surface area contributed by atoms with E-state index in [9.17, 15) is 4.79 Å². The van der Waals surface area contributed by atoms with Crippen LogP contribution in [0.5, 0.6) is 0 Å². The summed E-state index contributed by atoms with van der Waals surface area (Å²) in [5.41, 5.74) is 0. The lowest BCUT2D eigenvalue weighted by Crippen LogP contribution is -2.20. The molecule has 0 amide bonds. The minimum Gasteiger partial charge on any atom is -0.469 e. The second kappa shape index (κ2) is 5.09. The van der Waals surface area contributed by atoms with Crippen molar-refractivity contribution < 1.29 is 19.4 Å². The molecule has 0 saturated heterocycles. The summed E-state index contributed by atoms with van der Waals surface area (Å²) in [6.45, 7) is 1.67.